The van der Waals surface area contributed by atoms with E-state index in [1.54, 1.807) is 0 Å². The first kappa shape index (κ1) is 23.9. The minimum atomic E-state index is 1.13. The number of fused-ring (bicyclic) bond motifs is 7. The molecular weight excluding hydrogens is 551 g/mol. The molecule has 0 saturated carbocycles. The highest BCUT2D eigenvalue weighted by molar-refractivity contribution is 7.25. The van der Waals surface area contributed by atoms with E-state index in [0.29, 0.717) is 0 Å². The largest absolute Gasteiger partial charge is 0.310 e. The molecule has 2 heteroatoms. The molecule has 202 valence electrons. The summed E-state index contributed by atoms with van der Waals surface area (Å²) in [7, 11) is 0. The Kier molecular flexibility index (Phi) is 4.86. The molecule has 7 aromatic carbocycles. The number of hydrogen-bond donors (Lipinski definition) is 0. The smallest absolute Gasteiger partial charge is 0.0508 e. The van der Waals surface area contributed by atoms with Gasteiger partial charge in [0.1, 0.15) is 0 Å². The average Bonchev–Trinajstić information content (AvgIpc) is 3.40. The molecule has 0 unspecified atom stereocenters. The van der Waals surface area contributed by atoms with Gasteiger partial charge in [-0.1, -0.05) is 103 Å². The van der Waals surface area contributed by atoms with Crippen molar-refractivity contribution in [2.45, 2.75) is 0 Å². The third-order valence-electron chi connectivity index (χ3n) is 9.22. The number of para-hydroxylation sites is 1. The highest BCUT2D eigenvalue weighted by Gasteiger charge is 2.31. The first-order valence-corrected chi connectivity index (χ1v) is 15.8. The minimum absolute atomic E-state index is 1.13. The van der Waals surface area contributed by atoms with Gasteiger partial charge >= 0.3 is 0 Å². The van der Waals surface area contributed by atoms with Gasteiger partial charge in [0.25, 0.3) is 0 Å². The molecule has 0 spiro atoms. The first-order valence-electron chi connectivity index (χ1n) is 14.9. The van der Waals surface area contributed by atoms with Crippen molar-refractivity contribution in [2.24, 2.45) is 0 Å². The summed E-state index contributed by atoms with van der Waals surface area (Å²) in [4.78, 5) is 2.39. The number of benzene rings is 6. The summed E-state index contributed by atoms with van der Waals surface area (Å²) in [6, 6.07) is 57.6. The van der Waals surface area contributed by atoms with Crippen LogP contribution in [0.5, 0.6) is 0 Å². The van der Waals surface area contributed by atoms with Gasteiger partial charge in [-0.05, 0) is 104 Å². The Morgan fingerprint density at radius 3 is 1.84 bits per heavy atom. The van der Waals surface area contributed by atoms with Crippen LogP contribution in [-0.4, -0.2) is 0 Å². The van der Waals surface area contributed by atoms with Crippen LogP contribution in [0.2, 0.25) is 0 Å². The van der Waals surface area contributed by atoms with Gasteiger partial charge in [0.2, 0.25) is 0 Å². The average molecular weight is 574 g/mol. The van der Waals surface area contributed by atoms with Gasteiger partial charge in [-0.25, -0.2) is 0 Å². The van der Waals surface area contributed by atoms with Crippen LogP contribution < -0.4 is 4.90 Å². The molecule has 10 rings (SSSR count). The Balaban J connectivity index is 1.25. The third-order valence-corrected chi connectivity index (χ3v) is 10.3. The molecule has 0 amide bonds. The van der Waals surface area contributed by atoms with Crippen molar-refractivity contribution in [3.63, 3.8) is 0 Å². The highest BCUT2D eigenvalue weighted by Crippen LogP contribution is 2.57. The van der Waals surface area contributed by atoms with Gasteiger partial charge in [0, 0.05) is 31.8 Å². The number of anilines is 3. The Labute approximate surface area is 259 Å². The molecule has 0 N–H and O–H groups in total. The minimum Gasteiger partial charge on any atom is -0.310 e. The summed E-state index contributed by atoms with van der Waals surface area (Å²) < 4.78 is 2.49. The van der Waals surface area contributed by atoms with E-state index in [0.717, 1.165) is 22.4 Å². The van der Waals surface area contributed by atoms with Gasteiger partial charge in [-0.15, -0.1) is 11.3 Å². The van der Waals surface area contributed by atoms with E-state index >= 15 is 0 Å². The molecule has 2 aliphatic carbocycles. The summed E-state index contributed by atoms with van der Waals surface area (Å²) in [5.41, 5.74) is 16.4. The van der Waals surface area contributed by atoms with Crippen LogP contribution in [0.15, 0.2) is 140 Å². The molecule has 0 radical (unpaired) electrons. The number of rotatable bonds is 3. The highest BCUT2D eigenvalue weighted by atomic mass is 32.1. The van der Waals surface area contributed by atoms with Crippen LogP contribution in [0.4, 0.5) is 17.1 Å². The molecule has 1 heterocycles. The van der Waals surface area contributed by atoms with Crippen molar-refractivity contribution in [3.8, 4) is 55.6 Å². The van der Waals surface area contributed by atoms with E-state index in [-0.39, 0.29) is 0 Å². The lowest BCUT2D eigenvalue weighted by atomic mass is 9.83. The van der Waals surface area contributed by atoms with Crippen LogP contribution in [0.1, 0.15) is 0 Å². The second kappa shape index (κ2) is 8.94. The van der Waals surface area contributed by atoms with Crippen LogP contribution in [0.25, 0.3) is 75.8 Å². The summed E-state index contributed by atoms with van der Waals surface area (Å²) in [6.45, 7) is 0. The van der Waals surface area contributed by atoms with Gasteiger partial charge < -0.3 is 4.90 Å². The van der Waals surface area contributed by atoms with Crippen LogP contribution in [0, 0.1) is 12.1 Å². The van der Waals surface area contributed by atoms with Gasteiger partial charge in [0.05, 0.1) is 5.39 Å². The third kappa shape index (κ3) is 3.25. The van der Waals surface area contributed by atoms with E-state index in [9.17, 15) is 0 Å². The zero-order valence-corrected chi connectivity index (χ0v) is 24.5. The first-order chi connectivity index (χ1) is 21.8. The van der Waals surface area contributed by atoms with Crippen molar-refractivity contribution < 1.29 is 0 Å². The fourth-order valence-electron chi connectivity index (χ4n) is 7.38. The predicted molar refractivity (Wildman–Crippen MR) is 186 cm³/mol. The molecule has 0 atom stereocenters. The normalized spacial score (nSPS) is 11.9. The van der Waals surface area contributed by atoms with Gasteiger partial charge in [-0.3, -0.25) is 0 Å². The van der Waals surface area contributed by atoms with Crippen molar-refractivity contribution in [1.29, 1.82) is 0 Å². The van der Waals surface area contributed by atoms with Crippen molar-refractivity contribution in [3.05, 3.63) is 152 Å². The molecule has 1 nitrogen and oxygen atoms in total. The summed E-state index contributed by atoms with van der Waals surface area (Å²) >= 11 is 1.82. The number of nitrogens with zero attached hydrogens (tertiary/aromatic N) is 1. The number of thiophene rings is 1. The molecule has 1 aromatic heterocycles. The fraction of sp³-hybridized carbons (Fsp3) is 0. The predicted octanol–water partition coefficient (Wildman–Crippen LogP) is 12.1. The van der Waals surface area contributed by atoms with E-state index < -0.39 is 0 Å². The quantitative estimate of drug-likeness (QED) is 0.203. The van der Waals surface area contributed by atoms with E-state index in [4.69, 9.17) is 0 Å². The Bertz CT molecular complexity index is 2430. The molecular formula is C42H23NS. The van der Waals surface area contributed by atoms with E-state index in [1.165, 1.54) is 70.4 Å². The molecule has 2 aliphatic rings. The topological polar surface area (TPSA) is 3.24 Å². The monoisotopic (exact) mass is 573 g/mol. The molecule has 0 saturated heterocycles. The molecule has 0 aliphatic heterocycles. The Morgan fingerprint density at radius 1 is 0.432 bits per heavy atom. The fourth-order valence-corrected chi connectivity index (χ4v) is 8.47. The van der Waals surface area contributed by atoms with Crippen molar-refractivity contribution in [2.75, 3.05) is 4.90 Å². The van der Waals surface area contributed by atoms with E-state index in [1.807, 2.05) is 17.4 Å². The zero-order valence-electron chi connectivity index (χ0n) is 23.6. The second-order valence-corrected chi connectivity index (χ2v) is 12.6. The van der Waals surface area contributed by atoms with Gasteiger partial charge in [0.15, 0.2) is 0 Å². The molecule has 44 heavy (non-hydrogen) atoms. The van der Waals surface area contributed by atoms with Crippen LogP contribution >= 0.6 is 11.3 Å². The standard InChI is InChI=1S/C42H23NS/c1-2-10-26(11-3-1)43(28-21-23-32-31-13-6-7-19-39(31)44-40(32)25-28)27-20-22-30-35-16-9-17-36-37-18-8-15-34(42(37)38(30)24-27)29-12-4-5-14-33(29)41(35)36/h1-5,7-12,14-25H. The SMILES string of the molecule is c1ccc2sc3cc(N(c4ccccc4)c4ccc5c(c4)-c4c6cccc4-c4cccc-5c4-c4ccccc4-6)ccc3c2c#1. The lowest BCUT2D eigenvalue weighted by molar-refractivity contribution is 1.29. The maximum Gasteiger partial charge on any atom is 0.0508 e. The van der Waals surface area contributed by atoms with Crippen molar-refractivity contribution >= 4 is 48.6 Å². The van der Waals surface area contributed by atoms with Gasteiger partial charge in [-0.2, -0.15) is 0 Å². The maximum atomic E-state index is 3.33. The second-order valence-electron chi connectivity index (χ2n) is 11.5. The zero-order chi connectivity index (χ0) is 28.8. The lowest BCUT2D eigenvalue weighted by Gasteiger charge is -2.27. The number of hydrogen-bond acceptors (Lipinski definition) is 2. The molecule has 8 aromatic rings. The summed E-state index contributed by atoms with van der Waals surface area (Å²) in [6.07, 6.45) is 0. The molecule has 0 fully saturated rings. The molecule has 6 bridgehead atoms. The maximum absolute atomic E-state index is 3.33. The van der Waals surface area contributed by atoms with Crippen LogP contribution in [0.3, 0.4) is 0 Å². The van der Waals surface area contributed by atoms with Crippen molar-refractivity contribution in [1.82, 2.24) is 0 Å². The Morgan fingerprint density at radius 2 is 1.05 bits per heavy atom. The van der Waals surface area contributed by atoms with Crippen LogP contribution in [-0.2, 0) is 0 Å². The lowest BCUT2D eigenvalue weighted by Crippen LogP contribution is -2.10. The van der Waals surface area contributed by atoms with E-state index in [2.05, 4.69) is 150 Å². The summed E-state index contributed by atoms with van der Waals surface area (Å²) in [5, 5.41) is 2.37. The summed E-state index contributed by atoms with van der Waals surface area (Å²) in [5.74, 6) is 0. The Hall–Kier alpha value is -5.62.